The van der Waals surface area contributed by atoms with Crippen LogP contribution in [-0.4, -0.2) is 69.5 Å². The van der Waals surface area contributed by atoms with Crippen molar-refractivity contribution in [2.75, 3.05) is 25.0 Å². The molecule has 1 aromatic heterocycles. The first-order valence-electron chi connectivity index (χ1n) is 12.4. The summed E-state index contributed by atoms with van der Waals surface area (Å²) in [5.41, 5.74) is 9.09. The lowest BCUT2D eigenvalue weighted by atomic mass is 10.1. The first-order chi connectivity index (χ1) is 19.5. The van der Waals surface area contributed by atoms with Crippen molar-refractivity contribution in [3.8, 4) is 5.69 Å². The summed E-state index contributed by atoms with van der Waals surface area (Å²) >= 11 is 0. The van der Waals surface area contributed by atoms with E-state index in [9.17, 15) is 22.8 Å². The number of alkyl halides is 3. The van der Waals surface area contributed by atoms with Crippen LogP contribution in [-0.2, 0) is 20.9 Å². The molecule has 0 saturated carbocycles. The summed E-state index contributed by atoms with van der Waals surface area (Å²) in [7, 11) is 0. The molecule has 2 amide bonds. The fourth-order valence-electron chi connectivity index (χ4n) is 4.14. The SMILES string of the molecule is NC(=O)c1cccc2cn(-c3ccc(NC(=O)C4CN(Cc5ccccc5)CCO4)cc3)nc12.O=C(O)C(F)(F)F. The Hall–Kier alpha value is -4.75. The maximum absolute atomic E-state index is 12.8. The topological polar surface area (TPSA) is 140 Å². The lowest BCUT2D eigenvalue weighted by molar-refractivity contribution is -0.192. The number of primary amides is 1. The first kappa shape index (κ1) is 29.2. The normalized spacial score (nSPS) is 15.5. The Labute approximate surface area is 232 Å². The number of carboxylic acids is 1. The number of aliphatic carboxylic acids is 1. The minimum atomic E-state index is -5.08. The van der Waals surface area contributed by atoms with Crippen LogP contribution in [0.5, 0.6) is 0 Å². The molecule has 0 spiro atoms. The van der Waals surface area contributed by atoms with Crippen molar-refractivity contribution in [3.63, 3.8) is 0 Å². The number of nitrogens with zero attached hydrogens (tertiary/aromatic N) is 3. The molecule has 1 fully saturated rings. The number of aromatic nitrogens is 2. The Balaban J connectivity index is 0.000000493. The Kier molecular flexibility index (Phi) is 9.00. The van der Waals surface area contributed by atoms with E-state index < -0.39 is 24.2 Å². The maximum Gasteiger partial charge on any atom is 0.490 e. The van der Waals surface area contributed by atoms with Crippen LogP contribution >= 0.6 is 0 Å². The molecule has 214 valence electrons. The van der Waals surface area contributed by atoms with Crippen LogP contribution < -0.4 is 11.1 Å². The molecule has 1 unspecified atom stereocenters. The number of morpholine rings is 1. The number of anilines is 1. The number of hydrogen-bond acceptors (Lipinski definition) is 6. The maximum atomic E-state index is 12.8. The Morgan fingerprint density at radius 3 is 2.34 bits per heavy atom. The van der Waals surface area contributed by atoms with Gasteiger partial charge in [0.1, 0.15) is 11.6 Å². The van der Waals surface area contributed by atoms with Crippen LogP contribution in [0.2, 0.25) is 0 Å². The van der Waals surface area contributed by atoms with E-state index in [4.69, 9.17) is 20.4 Å². The van der Waals surface area contributed by atoms with Crippen LogP contribution in [0, 0.1) is 0 Å². The number of carbonyl (C=O) groups excluding carboxylic acids is 2. The fraction of sp³-hybridized carbons (Fsp3) is 0.214. The number of benzene rings is 3. The van der Waals surface area contributed by atoms with Gasteiger partial charge in [-0.05, 0) is 35.9 Å². The third-order valence-corrected chi connectivity index (χ3v) is 6.14. The van der Waals surface area contributed by atoms with Gasteiger partial charge >= 0.3 is 12.1 Å². The van der Waals surface area contributed by atoms with E-state index in [0.717, 1.165) is 24.2 Å². The molecule has 1 aliphatic rings. The number of rotatable bonds is 6. The summed E-state index contributed by atoms with van der Waals surface area (Å²) in [5.74, 6) is -3.44. The van der Waals surface area contributed by atoms with Gasteiger partial charge in [0, 0.05) is 36.9 Å². The van der Waals surface area contributed by atoms with Crippen molar-refractivity contribution >= 4 is 34.4 Å². The van der Waals surface area contributed by atoms with Gasteiger partial charge in [0.25, 0.3) is 11.8 Å². The lowest BCUT2D eigenvalue weighted by Gasteiger charge is -2.32. The average Bonchev–Trinajstić information content (AvgIpc) is 3.38. The highest BCUT2D eigenvalue weighted by Crippen LogP contribution is 2.21. The van der Waals surface area contributed by atoms with Gasteiger partial charge < -0.3 is 20.9 Å². The zero-order chi connectivity index (χ0) is 29.6. The largest absolute Gasteiger partial charge is 0.490 e. The summed E-state index contributed by atoms with van der Waals surface area (Å²) < 4.78 is 39.2. The predicted octanol–water partition coefficient (Wildman–Crippen LogP) is 3.60. The van der Waals surface area contributed by atoms with Crippen LogP contribution in [0.25, 0.3) is 16.6 Å². The molecule has 5 rings (SSSR count). The van der Waals surface area contributed by atoms with E-state index in [-0.39, 0.29) is 5.91 Å². The Morgan fingerprint density at radius 2 is 1.71 bits per heavy atom. The van der Waals surface area contributed by atoms with Crippen molar-refractivity contribution in [3.05, 3.63) is 90.1 Å². The highest BCUT2D eigenvalue weighted by Gasteiger charge is 2.38. The number of ether oxygens (including phenoxy) is 1. The van der Waals surface area contributed by atoms with Crippen molar-refractivity contribution < 1.29 is 37.4 Å². The lowest BCUT2D eigenvalue weighted by Crippen LogP contribution is -2.47. The number of nitrogens with two attached hydrogens (primary N) is 1. The zero-order valence-electron chi connectivity index (χ0n) is 21.5. The summed E-state index contributed by atoms with van der Waals surface area (Å²) in [5, 5.41) is 15.4. The number of fused-ring (bicyclic) bond motifs is 1. The molecule has 0 bridgehead atoms. The van der Waals surface area contributed by atoms with Crippen molar-refractivity contribution in [2.45, 2.75) is 18.8 Å². The van der Waals surface area contributed by atoms with E-state index in [1.807, 2.05) is 54.7 Å². The van der Waals surface area contributed by atoms with E-state index in [1.165, 1.54) is 5.56 Å². The van der Waals surface area contributed by atoms with Gasteiger partial charge in [0.2, 0.25) is 0 Å². The molecule has 3 aromatic carbocycles. The molecule has 1 aliphatic heterocycles. The molecular weight excluding hydrogens is 543 g/mol. The van der Waals surface area contributed by atoms with Gasteiger partial charge in [-0.2, -0.15) is 18.3 Å². The molecule has 1 saturated heterocycles. The summed E-state index contributed by atoms with van der Waals surface area (Å²) in [6, 6.07) is 22.9. The molecule has 1 atom stereocenters. The second-order valence-electron chi connectivity index (χ2n) is 9.10. The Morgan fingerprint density at radius 1 is 1.02 bits per heavy atom. The van der Waals surface area contributed by atoms with E-state index >= 15 is 0 Å². The van der Waals surface area contributed by atoms with E-state index in [2.05, 4.69) is 27.4 Å². The second-order valence-corrected chi connectivity index (χ2v) is 9.10. The van der Waals surface area contributed by atoms with Gasteiger partial charge in [-0.25, -0.2) is 9.48 Å². The highest BCUT2D eigenvalue weighted by molar-refractivity contribution is 6.04. The van der Waals surface area contributed by atoms with E-state index in [1.54, 1.807) is 16.8 Å². The number of nitrogens with one attached hydrogen (secondary N) is 1. The Bertz CT molecular complexity index is 1520. The van der Waals surface area contributed by atoms with Crippen LogP contribution in [0.3, 0.4) is 0 Å². The summed E-state index contributed by atoms with van der Waals surface area (Å²) in [6.45, 7) is 2.65. The molecular formula is C28H26F3N5O5. The molecule has 41 heavy (non-hydrogen) atoms. The number of carbonyl (C=O) groups is 3. The quantitative estimate of drug-likeness (QED) is 0.322. The minimum absolute atomic E-state index is 0.165. The minimum Gasteiger partial charge on any atom is -0.475 e. The van der Waals surface area contributed by atoms with Gasteiger partial charge in [-0.3, -0.25) is 14.5 Å². The third-order valence-electron chi connectivity index (χ3n) is 6.14. The van der Waals surface area contributed by atoms with Gasteiger partial charge in [-0.1, -0.05) is 42.5 Å². The molecule has 2 heterocycles. The molecule has 10 nitrogen and oxygen atoms in total. The average molecular weight is 570 g/mol. The van der Waals surface area contributed by atoms with Gasteiger partial charge in [-0.15, -0.1) is 0 Å². The highest BCUT2D eigenvalue weighted by atomic mass is 19.4. The van der Waals surface area contributed by atoms with Crippen molar-refractivity contribution in [2.24, 2.45) is 5.73 Å². The molecule has 4 N–H and O–H groups in total. The van der Waals surface area contributed by atoms with Crippen molar-refractivity contribution in [1.29, 1.82) is 0 Å². The fourth-order valence-corrected chi connectivity index (χ4v) is 4.14. The van der Waals surface area contributed by atoms with Crippen LogP contribution in [0.15, 0.2) is 79.0 Å². The standard InChI is InChI=1S/C26H25N5O3.C2HF3O2/c27-25(32)22-8-4-7-19-16-31(29-24(19)22)21-11-9-20(10-12-21)28-26(33)23-17-30(13-14-34-23)15-18-5-2-1-3-6-18;3-2(4,5)1(6)7/h1-12,16,23H,13-15,17H2,(H2,27,32)(H,28,33);(H,6,7). The van der Waals surface area contributed by atoms with Crippen LogP contribution in [0.4, 0.5) is 18.9 Å². The van der Waals surface area contributed by atoms with Gasteiger partial charge in [0.15, 0.2) is 0 Å². The van der Waals surface area contributed by atoms with Crippen molar-refractivity contribution in [1.82, 2.24) is 14.7 Å². The molecule has 13 heteroatoms. The number of amides is 2. The number of halogens is 3. The first-order valence-corrected chi connectivity index (χ1v) is 12.4. The number of carboxylic acid groups (broad SMARTS) is 1. The smallest absolute Gasteiger partial charge is 0.475 e. The van der Waals surface area contributed by atoms with Gasteiger partial charge in [0.05, 0.1) is 17.9 Å². The zero-order valence-corrected chi connectivity index (χ0v) is 21.5. The summed E-state index contributed by atoms with van der Waals surface area (Å²) in [6.07, 6.45) is -3.77. The monoisotopic (exact) mass is 569 g/mol. The number of hydrogen-bond donors (Lipinski definition) is 3. The molecule has 0 aliphatic carbocycles. The molecule has 0 radical (unpaired) electrons. The predicted molar refractivity (Wildman–Crippen MR) is 143 cm³/mol. The van der Waals surface area contributed by atoms with Crippen LogP contribution in [0.1, 0.15) is 15.9 Å². The summed E-state index contributed by atoms with van der Waals surface area (Å²) in [4.78, 5) is 35.6. The van der Waals surface area contributed by atoms with E-state index in [0.29, 0.717) is 29.9 Å². The third kappa shape index (κ3) is 7.68. The molecule has 4 aromatic rings. The second kappa shape index (κ2) is 12.6.